The molecule has 0 atom stereocenters. The largest absolute Gasteiger partial charge is 0.465 e. The summed E-state index contributed by atoms with van der Waals surface area (Å²) in [5.74, 6) is -10.0. The molecule has 0 radical (unpaired) electrons. The van der Waals surface area contributed by atoms with E-state index in [9.17, 15) is 36.3 Å². The molecule has 7 nitrogen and oxygen atoms in total. The number of hydrogen-bond donors (Lipinski definition) is 0. The molecule has 0 spiro atoms. The fourth-order valence-electron chi connectivity index (χ4n) is 2.71. The molecule has 1 heterocycles. The van der Waals surface area contributed by atoms with E-state index >= 15 is 0 Å². The smallest absolute Gasteiger partial charge is 0.434 e. The van der Waals surface area contributed by atoms with E-state index in [4.69, 9.17) is 0 Å². The lowest BCUT2D eigenvalue weighted by Gasteiger charge is -2.25. The maximum atomic E-state index is 14.9. The molecule has 1 amide bonds. The minimum absolute atomic E-state index is 0.403. The molecule has 0 aliphatic heterocycles. The first kappa shape index (κ1) is 25.2. The van der Waals surface area contributed by atoms with Gasteiger partial charge in [0.25, 0.3) is 5.91 Å². The number of esters is 2. The molecule has 0 aliphatic carbocycles. The average molecular weight is 440 g/mol. The zero-order chi connectivity index (χ0) is 23.6. The first-order valence-electron chi connectivity index (χ1n) is 8.51. The molecule has 1 rings (SSSR count). The molecule has 0 unspecified atom stereocenters. The van der Waals surface area contributed by atoms with Crippen molar-refractivity contribution in [3.63, 3.8) is 0 Å². The number of alkyl halides is 5. The molecule has 12 heteroatoms. The molecule has 0 fully saturated rings. The highest BCUT2D eigenvalue weighted by molar-refractivity contribution is 6.01. The fourth-order valence-corrected chi connectivity index (χ4v) is 2.71. The quantitative estimate of drug-likeness (QED) is 0.499. The Morgan fingerprint density at radius 3 is 1.70 bits per heavy atom. The van der Waals surface area contributed by atoms with E-state index in [-0.39, 0.29) is 0 Å². The van der Waals surface area contributed by atoms with Crippen molar-refractivity contribution in [2.24, 2.45) is 5.92 Å². The zero-order valence-corrected chi connectivity index (χ0v) is 17.1. The number of aromatic nitrogens is 1. The molecule has 0 aromatic carbocycles. The minimum Gasteiger partial charge on any atom is -0.465 e. The van der Waals surface area contributed by atoms with E-state index in [1.165, 1.54) is 13.8 Å². The molecule has 0 N–H and O–H groups in total. The van der Waals surface area contributed by atoms with Crippen LogP contribution < -0.4 is 0 Å². The van der Waals surface area contributed by atoms with Crippen LogP contribution in [0.5, 0.6) is 0 Å². The Kier molecular flexibility index (Phi) is 7.51. The monoisotopic (exact) mass is 440 g/mol. The first-order valence-corrected chi connectivity index (χ1v) is 8.51. The van der Waals surface area contributed by atoms with Crippen LogP contribution >= 0.6 is 0 Å². The van der Waals surface area contributed by atoms with Gasteiger partial charge < -0.3 is 14.4 Å². The number of nitrogens with zero attached hydrogens (tertiary/aromatic N) is 2. The molecule has 1 aromatic heterocycles. The van der Waals surface area contributed by atoms with Crippen molar-refractivity contribution in [3.8, 4) is 0 Å². The second kappa shape index (κ2) is 8.92. The Hall–Kier alpha value is -2.79. The van der Waals surface area contributed by atoms with Gasteiger partial charge in [-0.3, -0.25) is 4.79 Å². The third-order valence-electron chi connectivity index (χ3n) is 3.93. The van der Waals surface area contributed by atoms with Gasteiger partial charge in [0.15, 0.2) is 5.69 Å². The second-order valence-corrected chi connectivity index (χ2v) is 6.89. The topological polar surface area (TPSA) is 85.8 Å². The van der Waals surface area contributed by atoms with E-state index in [0.717, 1.165) is 28.3 Å². The summed E-state index contributed by atoms with van der Waals surface area (Å²) in [6.45, 7) is 3.05. The van der Waals surface area contributed by atoms with Gasteiger partial charge in [0.05, 0.1) is 25.3 Å². The summed E-state index contributed by atoms with van der Waals surface area (Å²) in [7, 11) is 3.51. The summed E-state index contributed by atoms with van der Waals surface area (Å²) in [6, 6.07) is 0. The second-order valence-electron chi connectivity index (χ2n) is 6.89. The van der Waals surface area contributed by atoms with Gasteiger partial charge in [0.2, 0.25) is 0 Å². The Bertz CT molecular complexity index is 850. The number of rotatable bonds is 6. The molecular weight excluding hydrogens is 419 g/mol. The summed E-state index contributed by atoms with van der Waals surface area (Å²) in [6.07, 6.45) is -5.77. The Morgan fingerprint density at radius 2 is 1.37 bits per heavy atom. The molecule has 0 saturated heterocycles. The van der Waals surface area contributed by atoms with Gasteiger partial charge >= 0.3 is 24.0 Å². The molecule has 1 aromatic rings. The van der Waals surface area contributed by atoms with Crippen molar-refractivity contribution in [1.82, 2.24) is 9.88 Å². The molecule has 0 aliphatic rings. The Morgan fingerprint density at radius 1 is 0.933 bits per heavy atom. The lowest BCUT2D eigenvalue weighted by molar-refractivity contribution is -0.158. The first-order chi connectivity index (χ1) is 13.6. The third-order valence-corrected chi connectivity index (χ3v) is 3.93. The summed E-state index contributed by atoms with van der Waals surface area (Å²) in [5, 5.41) is 0. The molecule has 168 valence electrons. The highest BCUT2D eigenvalue weighted by Crippen LogP contribution is 2.40. The van der Waals surface area contributed by atoms with Gasteiger partial charge in [-0.25, -0.2) is 14.6 Å². The third kappa shape index (κ3) is 4.85. The number of likely N-dealkylation sites (N-methyl/N-ethyl adjacent to an activating group) is 1. The SMILES string of the molecule is COC(=O)c1c(C(F)(F)F)nc(C(F)(F)C(=O)N(C)C)c(C(=O)OC)c1CC(C)C. The van der Waals surface area contributed by atoms with Crippen LogP contribution in [0.15, 0.2) is 0 Å². The highest BCUT2D eigenvalue weighted by Gasteiger charge is 2.51. The number of pyridine rings is 1. The Balaban J connectivity index is 4.28. The van der Waals surface area contributed by atoms with Crippen LogP contribution in [0.2, 0.25) is 0 Å². The lowest BCUT2D eigenvalue weighted by Crippen LogP contribution is -2.40. The van der Waals surface area contributed by atoms with Crippen molar-refractivity contribution in [2.45, 2.75) is 32.4 Å². The summed E-state index contributed by atoms with van der Waals surface area (Å²) < 4.78 is 79.7. The van der Waals surface area contributed by atoms with Gasteiger partial charge in [0.1, 0.15) is 5.69 Å². The predicted molar refractivity (Wildman–Crippen MR) is 93.0 cm³/mol. The van der Waals surface area contributed by atoms with Crippen molar-refractivity contribution in [3.05, 3.63) is 28.1 Å². The number of methoxy groups -OCH3 is 2. The maximum Gasteiger partial charge on any atom is 0.434 e. The van der Waals surface area contributed by atoms with E-state index in [1.54, 1.807) is 0 Å². The highest BCUT2D eigenvalue weighted by atomic mass is 19.4. The lowest BCUT2D eigenvalue weighted by atomic mass is 9.89. The molecular formula is C18H21F5N2O5. The van der Waals surface area contributed by atoms with Crippen molar-refractivity contribution >= 4 is 17.8 Å². The van der Waals surface area contributed by atoms with E-state index in [1.807, 2.05) is 0 Å². The van der Waals surface area contributed by atoms with Gasteiger partial charge in [-0.2, -0.15) is 22.0 Å². The standard InChI is InChI=1S/C18H21F5N2O5/c1-8(2)7-9-10(14(26)29-5)12(17(19,20)16(28)25(3)4)24-13(18(21,22)23)11(9)15(27)30-6/h8H,7H2,1-6H3. The van der Waals surface area contributed by atoms with Crippen LogP contribution in [0.3, 0.4) is 0 Å². The van der Waals surface area contributed by atoms with Gasteiger partial charge in [-0.05, 0) is 17.9 Å². The van der Waals surface area contributed by atoms with E-state index in [0.29, 0.717) is 4.90 Å². The normalized spacial score (nSPS) is 12.0. The summed E-state index contributed by atoms with van der Waals surface area (Å²) >= 11 is 0. The molecule has 0 bridgehead atoms. The zero-order valence-electron chi connectivity index (χ0n) is 17.1. The number of carbonyl (C=O) groups excluding carboxylic acids is 3. The van der Waals surface area contributed by atoms with Crippen molar-refractivity contribution in [2.75, 3.05) is 28.3 Å². The number of halogens is 5. The predicted octanol–water partition coefficient (Wildman–Crippen LogP) is 3.05. The van der Waals surface area contributed by atoms with E-state index < -0.39 is 70.4 Å². The number of ether oxygens (including phenoxy) is 2. The molecule has 0 saturated carbocycles. The minimum atomic E-state index is -5.37. The number of amides is 1. The van der Waals surface area contributed by atoms with Gasteiger partial charge in [-0.1, -0.05) is 13.8 Å². The van der Waals surface area contributed by atoms with Gasteiger partial charge in [-0.15, -0.1) is 0 Å². The fraction of sp³-hybridized carbons (Fsp3) is 0.556. The summed E-state index contributed by atoms with van der Waals surface area (Å²) in [4.78, 5) is 39.9. The Labute approximate surface area is 169 Å². The average Bonchev–Trinajstić information content (AvgIpc) is 2.63. The van der Waals surface area contributed by atoms with Crippen LogP contribution in [-0.2, 0) is 32.8 Å². The van der Waals surface area contributed by atoms with Gasteiger partial charge in [0, 0.05) is 14.1 Å². The maximum absolute atomic E-state index is 14.9. The van der Waals surface area contributed by atoms with Crippen LogP contribution in [0, 0.1) is 5.92 Å². The van der Waals surface area contributed by atoms with Crippen molar-refractivity contribution in [1.29, 1.82) is 0 Å². The number of hydrogen-bond acceptors (Lipinski definition) is 6. The van der Waals surface area contributed by atoms with E-state index in [2.05, 4.69) is 14.5 Å². The summed E-state index contributed by atoms with van der Waals surface area (Å²) in [5.41, 5.74) is -6.69. The van der Waals surface area contributed by atoms with Crippen LogP contribution in [0.25, 0.3) is 0 Å². The van der Waals surface area contributed by atoms with Crippen LogP contribution in [0.4, 0.5) is 22.0 Å². The number of carbonyl (C=O) groups is 3. The van der Waals surface area contributed by atoms with Crippen LogP contribution in [0.1, 0.15) is 51.5 Å². The van der Waals surface area contributed by atoms with Crippen LogP contribution in [-0.4, -0.2) is 56.0 Å². The molecule has 30 heavy (non-hydrogen) atoms. The van der Waals surface area contributed by atoms with Crippen molar-refractivity contribution < 1.29 is 45.8 Å².